The second kappa shape index (κ2) is 7.25. The lowest BCUT2D eigenvalue weighted by Crippen LogP contribution is -2.57. The minimum atomic E-state index is -4.23. The molecular weight excluding hydrogens is 393 g/mol. The lowest BCUT2D eigenvalue weighted by molar-refractivity contribution is -0.210. The van der Waals surface area contributed by atoms with Crippen LogP contribution in [0, 0.1) is 12.8 Å². The van der Waals surface area contributed by atoms with Crippen LogP contribution in [-0.4, -0.2) is 41.3 Å². The van der Waals surface area contributed by atoms with Crippen LogP contribution in [0.25, 0.3) is 11.0 Å². The number of aliphatic hydroxyl groups is 1. The molecule has 1 unspecified atom stereocenters. The molecule has 1 atom stereocenters. The van der Waals surface area contributed by atoms with E-state index in [4.69, 9.17) is 14.9 Å². The first-order valence-corrected chi connectivity index (χ1v) is 8.94. The fourth-order valence-electron chi connectivity index (χ4n) is 3.17. The fourth-order valence-corrected chi connectivity index (χ4v) is 3.17. The number of furan rings is 1. The Morgan fingerprint density at radius 3 is 2.55 bits per heavy atom. The van der Waals surface area contributed by atoms with Crippen LogP contribution in [0.2, 0.25) is 0 Å². The van der Waals surface area contributed by atoms with Gasteiger partial charge in [-0.25, -0.2) is 0 Å². The number of primary amides is 1. The van der Waals surface area contributed by atoms with E-state index in [2.05, 4.69) is 5.32 Å². The van der Waals surface area contributed by atoms with Crippen molar-refractivity contribution in [3.8, 4) is 5.75 Å². The third-order valence-corrected chi connectivity index (χ3v) is 5.17. The van der Waals surface area contributed by atoms with Gasteiger partial charge in [-0.1, -0.05) is 0 Å². The van der Waals surface area contributed by atoms with Crippen molar-refractivity contribution in [2.24, 2.45) is 11.7 Å². The third-order valence-electron chi connectivity index (χ3n) is 5.17. The zero-order valence-electron chi connectivity index (χ0n) is 15.8. The van der Waals surface area contributed by atoms with Gasteiger partial charge in [0.2, 0.25) is 5.91 Å². The summed E-state index contributed by atoms with van der Waals surface area (Å²) in [4.78, 5) is 24.3. The minimum absolute atomic E-state index is 0.118. The number of carbonyl (C=O) groups is 2. The lowest BCUT2D eigenvalue weighted by atomic mass is 9.82. The molecular formula is C19H21F3N2O5. The molecule has 0 radical (unpaired) electrons. The molecule has 2 amide bonds. The van der Waals surface area contributed by atoms with Gasteiger partial charge in [0.15, 0.2) is 0 Å². The average molecular weight is 414 g/mol. The van der Waals surface area contributed by atoms with Crippen LogP contribution < -0.4 is 15.8 Å². The van der Waals surface area contributed by atoms with Gasteiger partial charge in [-0.05, 0) is 44.9 Å². The number of aliphatic hydroxyl groups excluding tert-OH is 1. The molecule has 1 aromatic heterocycles. The maximum absolute atomic E-state index is 12.7. The maximum Gasteiger partial charge on any atom is 0.392 e. The van der Waals surface area contributed by atoms with Crippen molar-refractivity contribution in [1.82, 2.24) is 5.32 Å². The summed E-state index contributed by atoms with van der Waals surface area (Å²) in [5.41, 5.74) is 4.06. The summed E-state index contributed by atoms with van der Waals surface area (Å²) in [6.45, 7) is 2.14. The van der Waals surface area contributed by atoms with E-state index in [9.17, 15) is 27.9 Å². The first-order chi connectivity index (χ1) is 13.4. The van der Waals surface area contributed by atoms with Crippen LogP contribution in [0.3, 0.4) is 0 Å². The van der Waals surface area contributed by atoms with Crippen LogP contribution in [0.5, 0.6) is 5.75 Å². The van der Waals surface area contributed by atoms with E-state index in [1.807, 2.05) is 0 Å². The highest BCUT2D eigenvalue weighted by atomic mass is 19.4. The fraction of sp³-hybridized carbons (Fsp3) is 0.474. The molecule has 1 aromatic carbocycles. The van der Waals surface area contributed by atoms with Crippen molar-refractivity contribution < 1.29 is 37.0 Å². The van der Waals surface area contributed by atoms with Gasteiger partial charge in [0.05, 0.1) is 24.2 Å². The number of ether oxygens (including phenoxy) is 1. The highest BCUT2D eigenvalue weighted by molar-refractivity contribution is 6.09. The third kappa shape index (κ3) is 4.02. The highest BCUT2D eigenvalue weighted by Gasteiger charge is 2.48. The summed E-state index contributed by atoms with van der Waals surface area (Å²) in [6.07, 6.45) is -5.02. The minimum Gasteiger partial charge on any atom is -0.490 e. The molecule has 3 rings (SSSR count). The largest absolute Gasteiger partial charge is 0.490 e. The number of nitrogens with two attached hydrogens (primary N) is 1. The number of hydrogen-bond acceptors (Lipinski definition) is 5. The predicted octanol–water partition coefficient (Wildman–Crippen LogP) is 2.43. The van der Waals surface area contributed by atoms with Crippen LogP contribution in [0.1, 0.15) is 35.9 Å². The molecule has 158 valence electrons. The second-order valence-corrected chi connectivity index (χ2v) is 7.45. The number of benzene rings is 1. The molecule has 0 aliphatic heterocycles. The molecule has 0 saturated heterocycles. The average Bonchev–Trinajstić information content (AvgIpc) is 2.91. The van der Waals surface area contributed by atoms with Crippen molar-refractivity contribution in [3.63, 3.8) is 0 Å². The van der Waals surface area contributed by atoms with Gasteiger partial charge in [-0.2, -0.15) is 13.2 Å². The molecule has 0 bridgehead atoms. The van der Waals surface area contributed by atoms with E-state index in [0.717, 1.165) is 0 Å². The molecule has 1 aliphatic rings. The number of alkyl halides is 3. The van der Waals surface area contributed by atoms with Gasteiger partial charge in [0, 0.05) is 5.39 Å². The summed E-state index contributed by atoms with van der Waals surface area (Å²) in [5, 5.41) is 12.2. The Morgan fingerprint density at radius 1 is 1.34 bits per heavy atom. The van der Waals surface area contributed by atoms with Crippen molar-refractivity contribution in [2.75, 3.05) is 6.61 Å². The first kappa shape index (κ1) is 21.0. The van der Waals surface area contributed by atoms with Crippen molar-refractivity contribution >= 4 is 22.8 Å². The summed E-state index contributed by atoms with van der Waals surface area (Å²) in [5.74, 6) is -2.39. The molecule has 4 N–H and O–H groups in total. The van der Waals surface area contributed by atoms with E-state index in [1.54, 1.807) is 19.1 Å². The molecule has 10 heteroatoms. The second-order valence-electron chi connectivity index (χ2n) is 7.45. The number of amides is 2. The molecule has 1 heterocycles. The normalized spacial score (nSPS) is 21.3. The quantitative estimate of drug-likeness (QED) is 0.672. The number of carbonyl (C=O) groups excluding carboxylic acids is 2. The lowest BCUT2D eigenvalue weighted by Gasteiger charge is -2.36. The van der Waals surface area contributed by atoms with Crippen molar-refractivity contribution in [3.05, 3.63) is 29.5 Å². The number of halogens is 3. The Bertz CT molecular complexity index is 949. The predicted molar refractivity (Wildman–Crippen MR) is 96.3 cm³/mol. The van der Waals surface area contributed by atoms with Crippen LogP contribution in [0.4, 0.5) is 13.2 Å². The zero-order chi connectivity index (χ0) is 21.6. The molecule has 2 aromatic rings. The van der Waals surface area contributed by atoms with Gasteiger partial charge in [0.1, 0.15) is 22.6 Å². The smallest absolute Gasteiger partial charge is 0.392 e. The van der Waals surface area contributed by atoms with Crippen molar-refractivity contribution in [2.45, 2.75) is 44.5 Å². The van der Waals surface area contributed by atoms with Crippen LogP contribution in [0.15, 0.2) is 22.6 Å². The molecule has 1 fully saturated rings. The Kier molecular flexibility index (Phi) is 5.24. The Morgan fingerprint density at radius 2 is 2.00 bits per heavy atom. The van der Waals surface area contributed by atoms with Gasteiger partial charge >= 0.3 is 6.18 Å². The molecule has 1 aliphatic carbocycles. The number of hydrogen-bond donors (Lipinski definition) is 3. The first-order valence-electron chi connectivity index (χ1n) is 8.94. The number of nitrogens with one attached hydrogen (secondary N) is 1. The monoisotopic (exact) mass is 414 g/mol. The van der Waals surface area contributed by atoms with Crippen LogP contribution >= 0.6 is 0 Å². The van der Waals surface area contributed by atoms with Crippen molar-refractivity contribution in [1.29, 1.82) is 0 Å². The van der Waals surface area contributed by atoms with Gasteiger partial charge in [-0.3, -0.25) is 9.59 Å². The Labute approximate surface area is 164 Å². The van der Waals surface area contributed by atoms with E-state index < -0.39 is 42.2 Å². The Hall–Kier alpha value is -2.75. The zero-order valence-corrected chi connectivity index (χ0v) is 15.8. The summed E-state index contributed by atoms with van der Waals surface area (Å²) in [7, 11) is 0. The molecule has 7 nitrogen and oxygen atoms in total. The Balaban J connectivity index is 1.82. The number of fused-ring (bicyclic) bond motifs is 1. The summed E-state index contributed by atoms with van der Waals surface area (Å²) < 4.78 is 49.0. The highest BCUT2D eigenvalue weighted by Crippen LogP contribution is 2.43. The van der Waals surface area contributed by atoms with E-state index in [0.29, 0.717) is 16.7 Å². The SMILES string of the molecule is Cc1oc2ccc(OC3CC(C(F)(F)F)C3)cc2c1C(=O)NC(C)(CO)C(N)=O. The van der Waals surface area contributed by atoms with E-state index in [-0.39, 0.29) is 24.2 Å². The maximum atomic E-state index is 12.7. The van der Waals surface area contributed by atoms with Gasteiger partial charge in [0.25, 0.3) is 5.91 Å². The standard InChI is InChI=1S/C19H21F3N2O5/c1-9-15(16(26)24-18(2,8-25)17(23)27)13-7-11(3-4-14(13)28-9)29-12-5-10(6-12)19(20,21)22/h3-4,7,10,12,25H,5-6,8H2,1-2H3,(H2,23,27)(H,24,26). The summed E-state index contributed by atoms with van der Waals surface area (Å²) >= 11 is 0. The van der Waals surface area contributed by atoms with E-state index in [1.165, 1.54) is 13.0 Å². The van der Waals surface area contributed by atoms with Gasteiger partial charge < -0.3 is 25.3 Å². The molecule has 0 spiro atoms. The van der Waals surface area contributed by atoms with E-state index >= 15 is 0 Å². The topological polar surface area (TPSA) is 115 Å². The summed E-state index contributed by atoms with van der Waals surface area (Å²) in [6, 6.07) is 4.60. The van der Waals surface area contributed by atoms with Gasteiger partial charge in [-0.15, -0.1) is 0 Å². The molecule has 29 heavy (non-hydrogen) atoms. The van der Waals surface area contributed by atoms with Crippen LogP contribution in [-0.2, 0) is 4.79 Å². The number of rotatable bonds is 6. The molecule has 1 saturated carbocycles. The number of aryl methyl sites for hydroxylation is 1.